The van der Waals surface area contributed by atoms with Gasteiger partial charge in [0.1, 0.15) is 18.5 Å². The second-order valence-electron chi connectivity index (χ2n) is 7.16. The van der Waals surface area contributed by atoms with Crippen molar-refractivity contribution in [3.63, 3.8) is 0 Å². The van der Waals surface area contributed by atoms with Crippen molar-refractivity contribution in [1.82, 2.24) is 30.2 Å². The van der Waals surface area contributed by atoms with E-state index >= 15 is 0 Å². The first-order valence-electron chi connectivity index (χ1n) is 8.06. The molecule has 0 unspecified atom stereocenters. The van der Waals surface area contributed by atoms with Crippen LogP contribution in [-0.4, -0.2) is 36.6 Å². The number of amides is 1. The summed E-state index contributed by atoms with van der Waals surface area (Å²) in [6, 6.07) is -0.451. The number of nitrogens with zero attached hydrogens (tertiary/aromatic N) is 4. The minimum Gasteiger partial charge on any atom is -0.444 e. The van der Waals surface area contributed by atoms with Gasteiger partial charge >= 0.3 is 11.8 Å². The zero-order valence-electron chi connectivity index (χ0n) is 15.1. The van der Waals surface area contributed by atoms with Crippen LogP contribution in [0.25, 0.3) is 0 Å². The molecule has 0 fully saturated rings. The van der Waals surface area contributed by atoms with E-state index < -0.39 is 17.7 Å². The number of nitrogens with one attached hydrogen (secondary N) is 2. The van der Waals surface area contributed by atoms with Crippen molar-refractivity contribution in [2.75, 3.05) is 0 Å². The number of aromatic amines is 1. The molecule has 1 atom stereocenters. The molecule has 2 aromatic heterocycles. The number of alkyl carbamates (subject to hydrolysis) is 1. The molecule has 10 heteroatoms. The summed E-state index contributed by atoms with van der Waals surface area (Å²) in [5.74, 6) is 0.878. The van der Waals surface area contributed by atoms with E-state index in [1.165, 1.54) is 10.9 Å². The Morgan fingerprint density at radius 2 is 2.16 bits per heavy atom. The quantitative estimate of drug-likeness (QED) is 0.808. The van der Waals surface area contributed by atoms with Crippen molar-refractivity contribution >= 4 is 6.09 Å². The number of carbonyl (C=O) groups excluding carboxylic acids is 1. The number of H-pyrrole nitrogens is 1. The van der Waals surface area contributed by atoms with Gasteiger partial charge in [0.25, 0.3) is 0 Å². The summed E-state index contributed by atoms with van der Waals surface area (Å²) in [5.41, 5.74) is -0.970. The molecular formula is C15H24N6O4. The summed E-state index contributed by atoms with van der Waals surface area (Å²) in [5, 5.41) is 12.6. The predicted molar refractivity (Wildman–Crippen MR) is 87.8 cm³/mol. The first kappa shape index (κ1) is 18.7. The van der Waals surface area contributed by atoms with Crippen molar-refractivity contribution < 1.29 is 14.1 Å². The van der Waals surface area contributed by atoms with Crippen LogP contribution < -0.4 is 11.0 Å². The van der Waals surface area contributed by atoms with Crippen molar-refractivity contribution in [1.29, 1.82) is 0 Å². The Labute approximate surface area is 145 Å². The van der Waals surface area contributed by atoms with E-state index in [0.717, 1.165) is 0 Å². The molecule has 0 radical (unpaired) electrons. The fourth-order valence-corrected chi connectivity index (χ4v) is 2.15. The van der Waals surface area contributed by atoms with Gasteiger partial charge in [-0.15, -0.1) is 0 Å². The van der Waals surface area contributed by atoms with Gasteiger partial charge in [-0.3, -0.25) is 4.57 Å². The number of rotatable bonds is 6. The minimum absolute atomic E-state index is 0.100. The van der Waals surface area contributed by atoms with Crippen molar-refractivity contribution in [2.45, 2.75) is 59.2 Å². The van der Waals surface area contributed by atoms with Gasteiger partial charge in [-0.05, 0) is 33.1 Å². The van der Waals surface area contributed by atoms with Gasteiger partial charge in [0.2, 0.25) is 5.89 Å². The molecule has 0 aliphatic carbocycles. The van der Waals surface area contributed by atoms with Crippen LogP contribution in [0.2, 0.25) is 0 Å². The van der Waals surface area contributed by atoms with Crippen LogP contribution in [0.1, 0.15) is 58.8 Å². The van der Waals surface area contributed by atoms with E-state index in [1.54, 1.807) is 20.8 Å². The number of ether oxygens (including phenoxy) is 1. The van der Waals surface area contributed by atoms with Gasteiger partial charge in [-0.2, -0.15) is 10.1 Å². The normalized spacial score (nSPS) is 13.0. The van der Waals surface area contributed by atoms with E-state index in [-0.39, 0.29) is 18.1 Å². The average Bonchev–Trinajstić information content (AvgIpc) is 3.06. The second kappa shape index (κ2) is 7.49. The molecule has 2 heterocycles. The first-order chi connectivity index (χ1) is 11.6. The summed E-state index contributed by atoms with van der Waals surface area (Å²) in [4.78, 5) is 27.8. The molecule has 2 N–H and O–H groups in total. The topological polar surface area (TPSA) is 128 Å². The standard InChI is InChI=1S/C15H24N6O4/c1-9(2)6-10(17-14(23)24-15(3,4)5)12-18-11(25-20-12)7-21-8-16-19-13(21)22/h8-10H,6-7H2,1-5H3,(H,17,23)(H,19,22)/t10-/m0/s1. The molecule has 0 aromatic carbocycles. The van der Waals surface area contributed by atoms with Crippen LogP contribution in [0.15, 0.2) is 15.6 Å². The maximum atomic E-state index is 12.1. The summed E-state index contributed by atoms with van der Waals surface area (Å²) in [6.45, 7) is 9.52. The highest BCUT2D eigenvalue weighted by Gasteiger charge is 2.25. The SMILES string of the molecule is CC(C)C[C@H](NC(=O)OC(C)(C)C)c1noc(Cn2cn[nH]c2=O)n1. The average molecular weight is 352 g/mol. The fourth-order valence-electron chi connectivity index (χ4n) is 2.15. The maximum Gasteiger partial charge on any atom is 0.408 e. The minimum atomic E-state index is -0.600. The van der Waals surface area contributed by atoms with Gasteiger partial charge in [-0.25, -0.2) is 14.7 Å². The lowest BCUT2D eigenvalue weighted by molar-refractivity contribution is 0.0494. The highest BCUT2D eigenvalue weighted by Crippen LogP contribution is 2.20. The Balaban J connectivity index is 2.11. The molecule has 0 saturated carbocycles. The van der Waals surface area contributed by atoms with Gasteiger partial charge < -0.3 is 14.6 Å². The first-order valence-corrected chi connectivity index (χ1v) is 8.06. The van der Waals surface area contributed by atoms with Crippen LogP contribution >= 0.6 is 0 Å². The summed E-state index contributed by atoms with van der Waals surface area (Å²) >= 11 is 0. The maximum absolute atomic E-state index is 12.1. The summed E-state index contributed by atoms with van der Waals surface area (Å²) in [7, 11) is 0. The van der Waals surface area contributed by atoms with Crippen LogP contribution in [0.5, 0.6) is 0 Å². The lowest BCUT2D eigenvalue weighted by Gasteiger charge is -2.23. The molecule has 0 spiro atoms. The molecule has 0 bridgehead atoms. The van der Waals surface area contributed by atoms with Crippen LogP contribution in [0.4, 0.5) is 4.79 Å². The second-order valence-corrected chi connectivity index (χ2v) is 7.16. The third-order valence-corrected chi connectivity index (χ3v) is 3.12. The number of carbonyl (C=O) groups is 1. The molecule has 10 nitrogen and oxygen atoms in total. The fraction of sp³-hybridized carbons (Fsp3) is 0.667. The molecule has 0 aliphatic rings. The third-order valence-electron chi connectivity index (χ3n) is 3.12. The molecule has 25 heavy (non-hydrogen) atoms. The summed E-state index contributed by atoms with van der Waals surface area (Å²) < 4.78 is 11.8. The molecule has 0 saturated heterocycles. The Morgan fingerprint density at radius 3 is 2.72 bits per heavy atom. The molecular weight excluding hydrogens is 328 g/mol. The Kier molecular flexibility index (Phi) is 5.60. The van der Waals surface area contributed by atoms with Crippen LogP contribution in [-0.2, 0) is 11.3 Å². The molecule has 2 aromatic rings. The lowest BCUT2D eigenvalue weighted by atomic mass is 10.0. The predicted octanol–water partition coefficient (Wildman–Crippen LogP) is 1.61. The number of hydrogen-bond acceptors (Lipinski definition) is 7. The molecule has 0 aliphatic heterocycles. The van der Waals surface area contributed by atoms with E-state index in [2.05, 4.69) is 25.7 Å². The van der Waals surface area contributed by atoms with Crippen LogP contribution in [0.3, 0.4) is 0 Å². The van der Waals surface area contributed by atoms with Crippen molar-refractivity contribution in [3.8, 4) is 0 Å². The number of hydrogen-bond donors (Lipinski definition) is 2. The summed E-state index contributed by atoms with van der Waals surface area (Å²) in [6.07, 6.45) is 1.41. The zero-order chi connectivity index (χ0) is 18.6. The smallest absolute Gasteiger partial charge is 0.408 e. The molecule has 2 rings (SSSR count). The van der Waals surface area contributed by atoms with E-state index in [4.69, 9.17) is 9.26 Å². The van der Waals surface area contributed by atoms with Gasteiger partial charge in [0.15, 0.2) is 5.82 Å². The monoisotopic (exact) mass is 352 g/mol. The highest BCUT2D eigenvalue weighted by atomic mass is 16.6. The van der Waals surface area contributed by atoms with Gasteiger partial charge in [0, 0.05) is 0 Å². The number of aromatic nitrogens is 5. The Bertz CT molecular complexity index is 754. The largest absolute Gasteiger partial charge is 0.444 e. The van der Waals surface area contributed by atoms with Crippen molar-refractivity contribution in [3.05, 3.63) is 28.5 Å². The van der Waals surface area contributed by atoms with Gasteiger partial charge in [0.05, 0.1) is 6.04 Å². The third kappa shape index (κ3) is 5.73. The van der Waals surface area contributed by atoms with E-state index in [0.29, 0.717) is 18.2 Å². The van der Waals surface area contributed by atoms with Gasteiger partial charge in [-0.1, -0.05) is 19.0 Å². The van der Waals surface area contributed by atoms with E-state index in [9.17, 15) is 9.59 Å². The zero-order valence-corrected chi connectivity index (χ0v) is 15.1. The Morgan fingerprint density at radius 1 is 1.44 bits per heavy atom. The lowest BCUT2D eigenvalue weighted by Crippen LogP contribution is -2.35. The molecule has 1 amide bonds. The molecule has 138 valence electrons. The van der Waals surface area contributed by atoms with E-state index in [1.807, 2.05) is 13.8 Å². The Hall–Kier alpha value is -2.65. The van der Waals surface area contributed by atoms with Crippen molar-refractivity contribution in [2.24, 2.45) is 5.92 Å². The highest BCUT2D eigenvalue weighted by molar-refractivity contribution is 5.68. The van der Waals surface area contributed by atoms with Crippen LogP contribution in [0, 0.1) is 5.92 Å².